The Labute approximate surface area is 145 Å². The molecule has 4 nitrogen and oxygen atoms in total. The number of aryl methyl sites for hydroxylation is 1. The Morgan fingerprint density at radius 3 is 2.44 bits per heavy atom. The van der Waals surface area contributed by atoms with E-state index in [1.54, 1.807) is 24.3 Å². The molecule has 7 heteroatoms. The van der Waals surface area contributed by atoms with Crippen LogP contribution in [0.2, 0.25) is 0 Å². The molecule has 1 aromatic carbocycles. The first-order valence-corrected chi connectivity index (χ1v) is 8.20. The number of nitrogens with one attached hydrogen (secondary N) is 1. The van der Waals surface area contributed by atoms with Crippen molar-refractivity contribution in [3.8, 4) is 5.69 Å². The lowest BCUT2D eigenvalue weighted by Crippen LogP contribution is -2.27. The number of amides is 1. The molecule has 0 saturated heterocycles. The van der Waals surface area contributed by atoms with Gasteiger partial charge in [0.25, 0.3) is 5.91 Å². The minimum Gasteiger partial charge on any atom is -0.352 e. The monoisotopic (exact) mass is 353 g/mol. The minimum atomic E-state index is -4.69. The Hall–Kier alpha value is -2.31. The van der Waals surface area contributed by atoms with Crippen LogP contribution in [0.25, 0.3) is 5.69 Å². The molecule has 0 saturated carbocycles. The number of hydrogen-bond donors (Lipinski definition) is 1. The third-order valence-corrected chi connectivity index (χ3v) is 3.80. The Morgan fingerprint density at radius 1 is 1.24 bits per heavy atom. The molecule has 0 bridgehead atoms. The highest BCUT2D eigenvalue weighted by atomic mass is 19.4. The number of halogens is 3. The van der Waals surface area contributed by atoms with E-state index in [1.807, 2.05) is 6.92 Å². The zero-order chi connectivity index (χ0) is 18.6. The average molecular weight is 353 g/mol. The normalized spacial score (nSPS) is 11.8. The number of benzene rings is 1. The summed E-state index contributed by atoms with van der Waals surface area (Å²) in [5.41, 5.74) is -0.334. The van der Waals surface area contributed by atoms with Gasteiger partial charge in [-0.15, -0.1) is 0 Å². The third kappa shape index (κ3) is 4.84. The maximum atomic E-state index is 13.5. The summed E-state index contributed by atoms with van der Waals surface area (Å²) in [7, 11) is 0. The molecule has 1 amide bonds. The zero-order valence-electron chi connectivity index (χ0n) is 14.5. The van der Waals surface area contributed by atoms with Gasteiger partial charge in [0.05, 0.1) is 17.4 Å². The molecular formula is C18H22F3N3O. The summed E-state index contributed by atoms with van der Waals surface area (Å²) in [6.07, 6.45) is -2.10. The predicted octanol–water partition coefficient (Wildman–Crippen LogP) is 4.37. The van der Waals surface area contributed by atoms with Crippen LogP contribution in [-0.2, 0) is 6.18 Å². The lowest BCUT2D eigenvalue weighted by atomic mass is 10.1. The molecule has 1 N–H and O–H groups in total. The average Bonchev–Trinajstić information content (AvgIpc) is 2.97. The van der Waals surface area contributed by atoms with Gasteiger partial charge in [0.2, 0.25) is 0 Å². The van der Waals surface area contributed by atoms with Crippen molar-refractivity contribution in [3.63, 3.8) is 0 Å². The number of hydrogen-bond acceptors (Lipinski definition) is 2. The van der Waals surface area contributed by atoms with E-state index in [0.717, 1.165) is 29.3 Å². The molecule has 136 valence electrons. The maximum absolute atomic E-state index is 13.5. The summed E-state index contributed by atoms with van der Waals surface area (Å²) in [4.78, 5) is 12.2. The van der Waals surface area contributed by atoms with Gasteiger partial charge in [0, 0.05) is 6.54 Å². The number of aromatic nitrogens is 2. The van der Waals surface area contributed by atoms with E-state index < -0.39 is 23.3 Å². The van der Waals surface area contributed by atoms with Gasteiger partial charge in [-0.25, -0.2) is 4.68 Å². The number of alkyl halides is 3. The lowest BCUT2D eigenvalue weighted by molar-refractivity contribution is -0.143. The van der Waals surface area contributed by atoms with Gasteiger partial charge in [0.15, 0.2) is 5.69 Å². The molecule has 2 aromatic rings. The van der Waals surface area contributed by atoms with Gasteiger partial charge in [-0.3, -0.25) is 4.79 Å². The fraction of sp³-hybridized carbons (Fsp3) is 0.444. The van der Waals surface area contributed by atoms with Crippen LogP contribution < -0.4 is 5.32 Å². The fourth-order valence-corrected chi connectivity index (χ4v) is 2.48. The van der Waals surface area contributed by atoms with Crippen molar-refractivity contribution in [1.29, 1.82) is 0 Å². The van der Waals surface area contributed by atoms with Crippen molar-refractivity contribution in [2.45, 2.75) is 39.8 Å². The summed E-state index contributed by atoms with van der Waals surface area (Å²) in [5, 5.41) is 6.34. The number of nitrogens with zero attached hydrogens (tertiary/aromatic N) is 2. The van der Waals surface area contributed by atoms with Crippen LogP contribution in [0, 0.1) is 12.8 Å². The molecule has 1 heterocycles. The standard InChI is InChI=1S/C18H22F3N3O/c1-12(2)5-4-10-22-17(25)15-11-23-24(16(15)18(19,20)21)14-8-6-13(3)7-9-14/h6-9,11-12H,4-5,10H2,1-3H3,(H,22,25). The first-order chi connectivity index (χ1) is 11.7. The van der Waals surface area contributed by atoms with Crippen molar-refractivity contribution in [2.24, 2.45) is 5.92 Å². The van der Waals surface area contributed by atoms with Gasteiger partial charge in [-0.1, -0.05) is 31.5 Å². The second-order valence-electron chi connectivity index (χ2n) is 6.44. The molecule has 0 radical (unpaired) electrons. The Balaban J connectivity index is 2.27. The molecule has 2 rings (SSSR count). The van der Waals surface area contributed by atoms with Crippen molar-refractivity contribution in [3.05, 3.63) is 47.3 Å². The summed E-state index contributed by atoms with van der Waals surface area (Å²) < 4.78 is 41.3. The molecule has 1 aromatic heterocycles. The molecule has 0 fully saturated rings. The van der Waals surface area contributed by atoms with Crippen LogP contribution in [0.3, 0.4) is 0 Å². The SMILES string of the molecule is Cc1ccc(-n2ncc(C(=O)NCCCC(C)C)c2C(F)(F)F)cc1. The van der Waals surface area contributed by atoms with Crippen molar-refractivity contribution < 1.29 is 18.0 Å². The van der Waals surface area contributed by atoms with Crippen LogP contribution in [0.1, 0.15) is 48.3 Å². The zero-order valence-corrected chi connectivity index (χ0v) is 14.5. The number of carbonyl (C=O) groups is 1. The van der Waals surface area contributed by atoms with Gasteiger partial charge < -0.3 is 5.32 Å². The van der Waals surface area contributed by atoms with Gasteiger partial charge >= 0.3 is 6.18 Å². The van der Waals surface area contributed by atoms with Gasteiger partial charge in [0.1, 0.15) is 0 Å². The predicted molar refractivity (Wildman–Crippen MR) is 89.7 cm³/mol. The van der Waals surface area contributed by atoms with Crippen LogP contribution in [0.5, 0.6) is 0 Å². The highest BCUT2D eigenvalue weighted by Gasteiger charge is 2.40. The van der Waals surface area contributed by atoms with E-state index in [2.05, 4.69) is 24.3 Å². The molecule has 0 atom stereocenters. The quantitative estimate of drug-likeness (QED) is 0.784. The summed E-state index contributed by atoms with van der Waals surface area (Å²) in [6, 6.07) is 6.48. The molecule has 0 aliphatic heterocycles. The van der Waals surface area contributed by atoms with E-state index in [1.165, 1.54) is 0 Å². The topological polar surface area (TPSA) is 46.9 Å². The number of carbonyl (C=O) groups excluding carboxylic acids is 1. The van der Waals surface area contributed by atoms with Gasteiger partial charge in [-0.2, -0.15) is 18.3 Å². The second kappa shape index (κ2) is 7.72. The smallest absolute Gasteiger partial charge is 0.352 e. The summed E-state index contributed by atoms with van der Waals surface area (Å²) in [5.74, 6) is -0.277. The molecule has 0 aliphatic rings. The third-order valence-electron chi connectivity index (χ3n) is 3.80. The van der Waals surface area contributed by atoms with Crippen LogP contribution in [0.4, 0.5) is 13.2 Å². The Bertz CT molecular complexity index is 718. The van der Waals surface area contributed by atoms with E-state index in [0.29, 0.717) is 12.5 Å². The fourth-order valence-electron chi connectivity index (χ4n) is 2.48. The van der Waals surface area contributed by atoms with Crippen LogP contribution in [0.15, 0.2) is 30.5 Å². The molecule has 0 spiro atoms. The van der Waals surface area contributed by atoms with Crippen LogP contribution >= 0.6 is 0 Å². The van der Waals surface area contributed by atoms with Crippen molar-refractivity contribution in [1.82, 2.24) is 15.1 Å². The van der Waals surface area contributed by atoms with Crippen molar-refractivity contribution >= 4 is 5.91 Å². The largest absolute Gasteiger partial charge is 0.434 e. The summed E-state index contributed by atoms with van der Waals surface area (Å²) >= 11 is 0. The molecule has 25 heavy (non-hydrogen) atoms. The maximum Gasteiger partial charge on any atom is 0.434 e. The molecular weight excluding hydrogens is 331 g/mol. The minimum absolute atomic E-state index is 0.261. The van der Waals surface area contributed by atoms with Gasteiger partial charge in [-0.05, 0) is 37.8 Å². The highest BCUT2D eigenvalue weighted by Crippen LogP contribution is 2.33. The van der Waals surface area contributed by atoms with E-state index in [4.69, 9.17) is 0 Å². The highest BCUT2D eigenvalue weighted by molar-refractivity contribution is 5.95. The first kappa shape index (κ1) is 19.0. The first-order valence-electron chi connectivity index (χ1n) is 8.20. The lowest BCUT2D eigenvalue weighted by Gasteiger charge is -2.13. The van der Waals surface area contributed by atoms with E-state index in [-0.39, 0.29) is 5.69 Å². The Morgan fingerprint density at radius 2 is 1.88 bits per heavy atom. The van der Waals surface area contributed by atoms with Crippen molar-refractivity contribution in [2.75, 3.05) is 6.54 Å². The molecule has 0 unspecified atom stereocenters. The van der Waals surface area contributed by atoms with Crippen LogP contribution in [-0.4, -0.2) is 22.2 Å². The van der Waals surface area contributed by atoms with E-state index in [9.17, 15) is 18.0 Å². The molecule has 0 aliphatic carbocycles. The van der Waals surface area contributed by atoms with E-state index >= 15 is 0 Å². The summed E-state index contributed by atoms with van der Waals surface area (Å²) in [6.45, 7) is 6.28. The Kier molecular flexibility index (Phi) is 5.87. The second-order valence-corrected chi connectivity index (χ2v) is 6.44. The number of rotatable bonds is 6.